The molecule has 0 saturated carbocycles. The van der Waals surface area contributed by atoms with Gasteiger partial charge in [-0.15, -0.1) is 36.3 Å². The number of piperazine rings is 1. The van der Waals surface area contributed by atoms with E-state index in [2.05, 4.69) is 29.8 Å². The van der Waals surface area contributed by atoms with Crippen LogP contribution in [0.15, 0.2) is 28.6 Å². The maximum Gasteiger partial charge on any atom is 0.573 e. The number of ether oxygens (including phenoxy) is 1. The van der Waals surface area contributed by atoms with Gasteiger partial charge in [0.05, 0.1) is 27.1 Å². The molecule has 1 saturated heterocycles. The number of carbonyl (C=O) groups excluding carboxylic acids is 1. The molecule has 1 fully saturated rings. The summed E-state index contributed by atoms with van der Waals surface area (Å²) in [6.45, 7) is 3.11. The number of aliphatic hydroxyl groups excluding tert-OH is 1. The van der Waals surface area contributed by atoms with Gasteiger partial charge < -0.3 is 30.7 Å². The number of hydrogen-bond acceptors (Lipinski definition) is 10. The lowest BCUT2D eigenvalue weighted by atomic mass is 9.91. The third-order valence-corrected chi connectivity index (χ3v) is 9.07. The van der Waals surface area contributed by atoms with Crippen molar-refractivity contribution in [3.8, 4) is 17.0 Å². The minimum Gasteiger partial charge on any atom is -0.404 e. The molecule has 1 aliphatic carbocycles. The fourth-order valence-corrected chi connectivity index (χ4v) is 7.01. The van der Waals surface area contributed by atoms with E-state index in [1.54, 1.807) is 18.3 Å². The molecule has 0 spiro atoms. The van der Waals surface area contributed by atoms with Gasteiger partial charge in [-0.2, -0.15) is 0 Å². The number of likely N-dealkylation sites (N-methyl/N-ethyl adjacent to an activating group) is 1. The van der Waals surface area contributed by atoms with Crippen LogP contribution in [-0.2, 0) is 12.8 Å². The molecule has 5 rings (SSSR count). The quantitative estimate of drug-likeness (QED) is 0.341. The molecule has 2 aromatic heterocycles. The molecule has 0 radical (unpaired) electrons. The SMILES string of the molecule is CN1CCN(c2ccc(OC(F)(F)F)c(Nc3ncc4c(n3)-c3c(SCCO)sc(C(N)=O)c3CC4)c2)CC1. The Kier molecular flexibility index (Phi) is 7.89. The number of nitrogens with zero attached hydrogens (tertiary/aromatic N) is 4. The second-order valence-electron chi connectivity index (χ2n) is 9.22. The van der Waals surface area contributed by atoms with E-state index in [9.17, 15) is 23.1 Å². The number of halogens is 3. The second kappa shape index (κ2) is 11.2. The summed E-state index contributed by atoms with van der Waals surface area (Å²) in [5, 5.41) is 12.3. The first-order valence-electron chi connectivity index (χ1n) is 12.3. The fraction of sp³-hybridized carbons (Fsp3) is 0.400. The van der Waals surface area contributed by atoms with Crippen LogP contribution in [0.4, 0.5) is 30.5 Å². The Morgan fingerprint density at radius 1 is 1.26 bits per heavy atom. The van der Waals surface area contributed by atoms with Crippen molar-refractivity contribution in [1.29, 1.82) is 0 Å². The number of anilines is 3. The molecule has 9 nitrogen and oxygen atoms in total. The lowest BCUT2D eigenvalue weighted by Crippen LogP contribution is -2.44. The summed E-state index contributed by atoms with van der Waals surface area (Å²) in [6, 6.07) is 4.51. The van der Waals surface area contributed by atoms with Gasteiger partial charge in [0.25, 0.3) is 5.91 Å². The highest BCUT2D eigenvalue weighted by atomic mass is 32.2. The maximum atomic E-state index is 13.2. The number of benzene rings is 1. The first-order chi connectivity index (χ1) is 18.6. The molecule has 3 aromatic rings. The topological polar surface area (TPSA) is 117 Å². The summed E-state index contributed by atoms with van der Waals surface area (Å²) in [7, 11) is 2.02. The van der Waals surface area contributed by atoms with Crippen LogP contribution in [0.1, 0.15) is 20.8 Å². The van der Waals surface area contributed by atoms with Crippen molar-refractivity contribution >= 4 is 46.3 Å². The molecular formula is C25H27F3N6O3S2. The lowest BCUT2D eigenvalue weighted by molar-refractivity contribution is -0.274. The average molecular weight is 581 g/mol. The van der Waals surface area contributed by atoms with Crippen LogP contribution in [0.25, 0.3) is 11.3 Å². The van der Waals surface area contributed by atoms with Gasteiger partial charge in [0, 0.05) is 49.4 Å². The smallest absolute Gasteiger partial charge is 0.404 e. The van der Waals surface area contributed by atoms with Crippen LogP contribution >= 0.6 is 23.1 Å². The second-order valence-corrected chi connectivity index (χ2v) is 11.6. The normalized spacial score (nSPS) is 15.6. The molecule has 39 heavy (non-hydrogen) atoms. The van der Waals surface area contributed by atoms with Crippen LogP contribution in [0.5, 0.6) is 5.75 Å². The number of nitrogens with two attached hydrogens (primary N) is 1. The predicted octanol–water partition coefficient (Wildman–Crippen LogP) is 3.88. The highest BCUT2D eigenvalue weighted by Gasteiger charge is 2.33. The van der Waals surface area contributed by atoms with Crippen molar-refractivity contribution in [1.82, 2.24) is 14.9 Å². The van der Waals surface area contributed by atoms with Gasteiger partial charge in [0.1, 0.15) is 0 Å². The summed E-state index contributed by atoms with van der Waals surface area (Å²) >= 11 is 2.67. The van der Waals surface area contributed by atoms with Crippen LogP contribution < -0.4 is 20.7 Å². The Morgan fingerprint density at radius 2 is 2.03 bits per heavy atom. The number of aliphatic hydroxyl groups is 1. The molecule has 3 heterocycles. The third kappa shape index (κ3) is 6.08. The molecule has 14 heteroatoms. The molecule has 4 N–H and O–H groups in total. The zero-order valence-electron chi connectivity index (χ0n) is 21.0. The Hall–Kier alpha value is -3.07. The van der Waals surface area contributed by atoms with Gasteiger partial charge in [-0.3, -0.25) is 4.79 Å². The number of alkyl halides is 3. The number of thioether (sulfide) groups is 1. The molecule has 0 atom stereocenters. The number of thiophene rings is 1. The van der Waals surface area contributed by atoms with Crippen molar-refractivity contribution in [2.24, 2.45) is 5.73 Å². The summed E-state index contributed by atoms with van der Waals surface area (Å²) < 4.78 is 44.7. The number of hydrogen-bond donors (Lipinski definition) is 3. The maximum absolute atomic E-state index is 13.2. The van der Waals surface area contributed by atoms with Crippen molar-refractivity contribution < 1.29 is 27.8 Å². The summed E-state index contributed by atoms with van der Waals surface area (Å²) in [6.07, 6.45) is -2.06. The summed E-state index contributed by atoms with van der Waals surface area (Å²) in [5.41, 5.74) is 9.47. The predicted molar refractivity (Wildman–Crippen MR) is 145 cm³/mol. The Labute approximate surface area is 231 Å². The molecule has 1 aliphatic heterocycles. The Morgan fingerprint density at radius 3 is 2.72 bits per heavy atom. The summed E-state index contributed by atoms with van der Waals surface area (Å²) in [5.74, 6) is -0.409. The monoisotopic (exact) mass is 580 g/mol. The number of fused-ring (bicyclic) bond motifs is 3. The summed E-state index contributed by atoms with van der Waals surface area (Å²) in [4.78, 5) is 25.9. The molecule has 1 aromatic carbocycles. The minimum absolute atomic E-state index is 0.0433. The lowest BCUT2D eigenvalue weighted by Gasteiger charge is -2.34. The fourth-order valence-electron chi connectivity index (χ4n) is 4.70. The van der Waals surface area contributed by atoms with E-state index in [1.807, 2.05) is 7.05 Å². The van der Waals surface area contributed by atoms with Crippen LogP contribution in [0.3, 0.4) is 0 Å². The van der Waals surface area contributed by atoms with Crippen molar-refractivity contribution in [2.45, 2.75) is 23.4 Å². The van der Waals surface area contributed by atoms with Crippen LogP contribution in [-0.4, -0.2) is 77.8 Å². The first-order valence-corrected chi connectivity index (χ1v) is 14.1. The van der Waals surface area contributed by atoms with Gasteiger partial charge in [-0.1, -0.05) is 0 Å². The number of carbonyl (C=O) groups is 1. The van der Waals surface area contributed by atoms with Gasteiger partial charge >= 0.3 is 6.36 Å². The Bertz CT molecular complexity index is 1380. The van der Waals surface area contributed by atoms with E-state index in [0.717, 1.165) is 52.8 Å². The average Bonchev–Trinajstić information content (AvgIpc) is 3.27. The third-order valence-electron chi connectivity index (χ3n) is 6.57. The van der Waals surface area contributed by atoms with Crippen molar-refractivity contribution in [3.05, 3.63) is 40.4 Å². The van der Waals surface area contributed by atoms with E-state index < -0.39 is 18.0 Å². The molecule has 0 unspecified atom stereocenters. The standard InChI is InChI=1S/C25H27F3N6O3S2/c1-33-6-8-34(9-7-33)15-3-5-18(37-25(26,27)28)17(12-15)31-24-30-13-14-2-4-16-19(20(14)32-24)23(38-11-10-35)39-21(16)22(29)36/h3,5,12-13,35H,2,4,6-11H2,1H3,(H2,29,36)(H,30,31,32). The number of aryl methyl sites for hydroxylation is 1. The zero-order valence-corrected chi connectivity index (χ0v) is 22.7. The molecule has 208 valence electrons. The Balaban J connectivity index is 1.52. The van der Waals surface area contributed by atoms with Crippen LogP contribution in [0.2, 0.25) is 0 Å². The highest BCUT2D eigenvalue weighted by molar-refractivity contribution is 8.01. The number of aromatic nitrogens is 2. The largest absolute Gasteiger partial charge is 0.573 e. The highest BCUT2D eigenvalue weighted by Crippen LogP contribution is 2.46. The van der Waals surface area contributed by atoms with Gasteiger partial charge in [-0.25, -0.2) is 9.97 Å². The molecule has 1 amide bonds. The van der Waals surface area contributed by atoms with Crippen LogP contribution in [0, 0.1) is 0 Å². The number of primary amides is 1. The zero-order chi connectivity index (χ0) is 27.7. The van der Waals surface area contributed by atoms with Gasteiger partial charge in [0.2, 0.25) is 5.95 Å². The van der Waals surface area contributed by atoms with E-state index in [4.69, 9.17) is 5.73 Å². The number of nitrogens with one attached hydrogen (secondary N) is 1. The molecular weight excluding hydrogens is 553 g/mol. The first kappa shape index (κ1) is 27.5. The molecule has 2 aliphatic rings. The number of rotatable bonds is 8. The van der Waals surface area contributed by atoms with Gasteiger partial charge in [0.15, 0.2) is 5.75 Å². The van der Waals surface area contributed by atoms with E-state index in [0.29, 0.717) is 29.2 Å². The van der Waals surface area contributed by atoms with E-state index in [1.165, 1.54) is 29.2 Å². The van der Waals surface area contributed by atoms with Gasteiger partial charge in [-0.05, 0) is 49.2 Å². The number of amides is 1. The van der Waals surface area contributed by atoms with E-state index in [-0.39, 0.29) is 18.2 Å². The minimum atomic E-state index is -4.88. The van der Waals surface area contributed by atoms with Crippen molar-refractivity contribution in [2.75, 3.05) is 55.8 Å². The molecule has 0 bridgehead atoms. The van der Waals surface area contributed by atoms with Crippen molar-refractivity contribution in [3.63, 3.8) is 0 Å². The van der Waals surface area contributed by atoms with E-state index >= 15 is 0 Å².